The molecule has 3 aromatic rings. The predicted molar refractivity (Wildman–Crippen MR) is 98.4 cm³/mol. The second-order valence-corrected chi connectivity index (χ2v) is 7.26. The Bertz CT molecular complexity index is 871. The molecule has 0 bridgehead atoms. The number of para-hydroxylation sites is 1. The normalized spacial score (nSPS) is 15.4. The van der Waals surface area contributed by atoms with Crippen molar-refractivity contribution in [3.63, 3.8) is 0 Å². The van der Waals surface area contributed by atoms with Crippen molar-refractivity contribution in [2.45, 2.75) is 32.5 Å². The lowest BCUT2D eigenvalue weighted by atomic mass is 10.1. The Hall–Kier alpha value is -2.45. The Morgan fingerprint density at radius 1 is 1.31 bits per heavy atom. The minimum Gasteiger partial charge on any atom is -0.490 e. The van der Waals surface area contributed by atoms with E-state index in [9.17, 15) is 0 Å². The summed E-state index contributed by atoms with van der Waals surface area (Å²) in [5.74, 6) is 1.65. The number of aromatic nitrogens is 3. The Morgan fingerprint density at radius 2 is 2.12 bits per heavy atom. The van der Waals surface area contributed by atoms with Crippen molar-refractivity contribution < 1.29 is 14.4 Å². The standard InChI is InChI=1S/C18H20N4O3S/c1-12-4-2-3-5-14(12)24-13-6-8-22(9-7-13)18-19-10-15(26-18)17-20-16(11-23)25-21-17/h2-5,10,13,23H,6-9,11H2,1H3. The number of hydrogen-bond acceptors (Lipinski definition) is 8. The molecule has 1 fully saturated rings. The van der Waals surface area contributed by atoms with E-state index < -0.39 is 0 Å². The van der Waals surface area contributed by atoms with Gasteiger partial charge in [-0.2, -0.15) is 4.98 Å². The van der Waals surface area contributed by atoms with E-state index in [1.165, 1.54) is 16.9 Å². The van der Waals surface area contributed by atoms with Gasteiger partial charge < -0.3 is 19.3 Å². The van der Waals surface area contributed by atoms with Gasteiger partial charge in [-0.1, -0.05) is 34.7 Å². The molecular formula is C18H20N4O3S. The average molecular weight is 372 g/mol. The quantitative estimate of drug-likeness (QED) is 0.737. The molecule has 3 heterocycles. The largest absolute Gasteiger partial charge is 0.490 e. The summed E-state index contributed by atoms with van der Waals surface area (Å²) in [6, 6.07) is 8.13. The summed E-state index contributed by atoms with van der Waals surface area (Å²) in [5, 5.41) is 13.8. The molecule has 26 heavy (non-hydrogen) atoms. The van der Waals surface area contributed by atoms with Crippen molar-refractivity contribution in [1.29, 1.82) is 0 Å². The molecule has 1 aliphatic rings. The molecular weight excluding hydrogens is 352 g/mol. The van der Waals surface area contributed by atoms with E-state index >= 15 is 0 Å². The predicted octanol–water partition coefficient (Wildman–Crippen LogP) is 3.04. The molecule has 1 aromatic carbocycles. The second-order valence-electron chi connectivity index (χ2n) is 6.25. The van der Waals surface area contributed by atoms with Crippen LogP contribution in [0.5, 0.6) is 5.75 Å². The van der Waals surface area contributed by atoms with E-state index in [2.05, 4.69) is 33.0 Å². The molecule has 0 aliphatic carbocycles. The SMILES string of the molecule is Cc1ccccc1OC1CCN(c2ncc(-c3noc(CO)n3)s2)CC1. The highest BCUT2D eigenvalue weighted by molar-refractivity contribution is 7.18. The van der Waals surface area contributed by atoms with Gasteiger partial charge >= 0.3 is 0 Å². The third-order valence-electron chi connectivity index (χ3n) is 4.42. The highest BCUT2D eigenvalue weighted by Gasteiger charge is 2.23. The zero-order valence-electron chi connectivity index (χ0n) is 14.5. The fourth-order valence-electron chi connectivity index (χ4n) is 2.97. The molecule has 136 valence electrons. The fourth-order valence-corrected chi connectivity index (χ4v) is 3.86. The third kappa shape index (κ3) is 3.56. The first kappa shape index (κ1) is 17.0. The van der Waals surface area contributed by atoms with Crippen LogP contribution in [-0.4, -0.2) is 39.4 Å². The summed E-state index contributed by atoms with van der Waals surface area (Å²) in [6.07, 6.45) is 3.90. The van der Waals surface area contributed by atoms with Gasteiger partial charge in [-0.3, -0.25) is 0 Å². The van der Waals surface area contributed by atoms with Crippen LogP contribution in [-0.2, 0) is 6.61 Å². The first-order chi connectivity index (χ1) is 12.7. The van der Waals surface area contributed by atoms with E-state index in [-0.39, 0.29) is 18.6 Å². The average Bonchev–Trinajstić information content (AvgIpc) is 3.33. The highest BCUT2D eigenvalue weighted by Crippen LogP contribution is 2.31. The van der Waals surface area contributed by atoms with Crippen molar-refractivity contribution in [2.75, 3.05) is 18.0 Å². The number of aryl methyl sites for hydroxylation is 1. The smallest absolute Gasteiger partial charge is 0.252 e. The zero-order valence-corrected chi connectivity index (χ0v) is 15.3. The summed E-state index contributed by atoms with van der Waals surface area (Å²) in [7, 11) is 0. The summed E-state index contributed by atoms with van der Waals surface area (Å²) in [4.78, 5) is 11.7. The summed E-state index contributed by atoms with van der Waals surface area (Å²) >= 11 is 1.53. The van der Waals surface area contributed by atoms with Crippen LogP contribution in [0.2, 0.25) is 0 Å². The molecule has 7 nitrogen and oxygen atoms in total. The lowest BCUT2D eigenvalue weighted by Gasteiger charge is -2.32. The van der Waals surface area contributed by atoms with Gasteiger partial charge in [0.2, 0.25) is 5.82 Å². The molecule has 0 amide bonds. The van der Waals surface area contributed by atoms with Crippen LogP contribution in [0.25, 0.3) is 10.7 Å². The molecule has 1 N–H and O–H groups in total. The minimum absolute atomic E-state index is 0.212. The van der Waals surface area contributed by atoms with Crippen LogP contribution in [0.3, 0.4) is 0 Å². The molecule has 0 radical (unpaired) electrons. The van der Waals surface area contributed by atoms with Crippen molar-refractivity contribution in [1.82, 2.24) is 15.1 Å². The molecule has 1 aliphatic heterocycles. The topological polar surface area (TPSA) is 84.5 Å². The Kier molecular flexibility index (Phi) is 4.85. The van der Waals surface area contributed by atoms with E-state index in [0.717, 1.165) is 41.7 Å². The molecule has 0 saturated carbocycles. The Labute approximate surface area is 155 Å². The number of nitrogens with zero attached hydrogens (tertiary/aromatic N) is 4. The van der Waals surface area contributed by atoms with Crippen LogP contribution in [0.4, 0.5) is 5.13 Å². The van der Waals surface area contributed by atoms with Crippen LogP contribution < -0.4 is 9.64 Å². The van der Waals surface area contributed by atoms with Crippen molar-refractivity contribution in [3.8, 4) is 16.5 Å². The van der Waals surface area contributed by atoms with Gasteiger partial charge in [-0.05, 0) is 18.6 Å². The van der Waals surface area contributed by atoms with Crippen LogP contribution >= 0.6 is 11.3 Å². The van der Waals surface area contributed by atoms with Gasteiger partial charge in [0.05, 0.1) is 11.1 Å². The maximum Gasteiger partial charge on any atom is 0.252 e. The van der Waals surface area contributed by atoms with Crippen LogP contribution in [0.15, 0.2) is 35.0 Å². The lowest BCUT2D eigenvalue weighted by Crippen LogP contribution is -2.38. The Balaban J connectivity index is 1.37. The van der Waals surface area contributed by atoms with Crippen LogP contribution in [0, 0.1) is 6.92 Å². The summed E-state index contributed by atoms with van der Waals surface area (Å²) in [6.45, 7) is 3.62. The van der Waals surface area contributed by atoms with E-state index in [0.29, 0.717) is 5.82 Å². The summed E-state index contributed by atoms with van der Waals surface area (Å²) in [5.41, 5.74) is 1.17. The van der Waals surface area contributed by atoms with Crippen molar-refractivity contribution in [3.05, 3.63) is 41.9 Å². The lowest BCUT2D eigenvalue weighted by molar-refractivity contribution is 0.170. The Morgan fingerprint density at radius 3 is 2.85 bits per heavy atom. The third-order valence-corrected chi connectivity index (χ3v) is 5.47. The molecule has 0 spiro atoms. The number of aliphatic hydroxyl groups excluding tert-OH is 1. The van der Waals surface area contributed by atoms with Gasteiger partial charge in [0, 0.05) is 25.9 Å². The summed E-state index contributed by atoms with van der Waals surface area (Å²) < 4.78 is 11.1. The van der Waals surface area contributed by atoms with Gasteiger partial charge in [-0.15, -0.1) is 0 Å². The van der Waals surface area contributed by atoms with Crippen molar-refractivity contribution >= 4 is 16.5 Å². The van der Waals surface area contributed by atoms with Gasteiger partial charge in [0.25, 0.3) is 5.89 Å². The zero-order chi connectivity index (χ0) is 17.9. The highest BCUT2D eigenvalue weighted by atomic mass is 32.1. The number of benzene rings is 1. The molecule has 0 unspecified atom stereocenters. The fraction of sp³-hybridized carbons (Fsp3) is 0.389. The molecule has 4 rings (SSSR count). The van der Waals surface area contributed by atoms with Gasteiger partial charge in [0.15, 0.2) is 5.13 Å². The second kappa shape index (κ2) is 7.43. The number of aliphatic hydroxyl groups is 1. The van der Waals surface area contributed by atoms with Gasteiger partial charge in [-0.25, -0.2) is 4.98 Å². The van der Waals surface area contributed by atoms with Crippen molar-refractivity contribution in [2.24, 2.45) is 0 Å². The first-order valence-electron chi connectivity index (χ1n) is 8.60. The van der Waals surface area contributed by atoms with E-state index in [1.807, 2.05) is 18.2 Å². The monoisotopic (exact) mass is 372 g/mol. The molecule has 1 saturated heterocycles. The minimum atomic E-state index is -0.257. The van der Waals surface area contributed by atoms with Gasteiger partial charge in [0.1, 0.15) is 18.5 Å². The number of piperidine rings is 1. The number of ether oxygens (including phenoxy) is 1. The number of rotatable bonds is 5. The maximum atomic E-state index is 9.03. The number of thiazole rings is 1. The van der Waals surface area contributed by atoms with E-state index in [4.69, 9.17) is 14.4 Å². The van der Waals surface area contributed by atoms with E-state index in [1.54, 1.807) is 6.20 Å². The molecule has 2 aromatic heterocycles. The number of anilines is 1. The molecule has 0 atom stereocenters. The molecule has 8 heteroatoms. The maximum absolute atomic E-state index is 9.03. The first-order valence-corrected chi connectivity index (χ1v) is 9.41. The number of hydrogen-bond donors (Lipinski definition) is 1. The van der Waals surface area contributed by atoms with Crippen LogP contribution in [0.1, 0.15) is 24.3 Å².